The fraction of sp³-hybridized carbons (Fsp3) is 0.486. The van der Waals surface area contributed by atoms with E-state index >= 15 is 0 Å². The van der Waals surface area contributed by atoms with Gasteiger partial charge in [-0.05, 0) is 41.0 Å². The third-order valence-electron chi connectivity index (χ3n) is 9.74. The van der Waals surface area contributed by atoms with Crippen molar-refractivity contribution < 1.29 is 19.4 Å². The number of aromatic nitrogens is 1. The average Bonchev–Trinajstić information content (AvgIpc) is 3.40. The second-order valence-corrected chi connectivity index (χ2v) is 13.6. The molecule has 234 valence electrons. The van der Waals surface area contributed by atoms with Crippen LogP contribution >= 0.6 is 0 Å². The Labute approximate surface area is 262 Å². The van der Waals surface area contributed by atoms with Gasteiger partial charge in [0.1, 0.15) is 6.04 Å². The number of ether oxygens (including phenoxy) is 1. The number of carboxylic acid groups (broad SMARTS) is 1. The number of methoxy groups -OCH3 is 1. The van der Waals surface area contributed by atoms with Crippen LogP contribution in [0.15, 0.2) is 72.9 Å². The second kappa shape index (κ2) is 13.5. The summed E-state index contributed by atoms with van der Waals surface area (Å²) in [4.78, 5) is 33.9. The van der Waals surface area contributed by atoms with E-state index in [0.29, 0.717) is 12.4 Å². The Morgan fingerprint density at radius 2 is 1.64 bits per heavy atom. The molecule has 1 amide bonds. The van der Waals surface area contributed by atoms with Gasteiger partial charge in [-0.2, -0.15) is 0 Å². The van der Waals surface area contributed by atoms with Crippen molar-refractivity contribution in [1.29, 1.82) is 0 Å². The second-order valence-electron chi connectivity index (χ2n) is 13.6. The van der Waals surface area contributed by atoms with Crippen molar-refractivity contribution in [3.63, 3.8) is 0 Å². The van der Waals surface area contributed by atoms with E-state index in [2.05, 4.69) is 56.2 Å². The SMILES string of the molecule is COc1ncc(C(C)c2ccccc2)cc1CN[C@H]1[C@H](C(C)(C)C)[C@@H](C(=O)O)N(C(=O)C2CCCCC2)[C@H]1c1ccccc1. The number of aliphatic carboxylic acids is 1. The Morgan fingerprint density at radius 1 is 1.00 bits per heavy atom. The van der Waals surface area contributed by atoms with Gasteiger partial charge in [0.2, 0.25) is 11.8 Å². The van der Waals surface area contributed by atoms with Gasteiger partial charge >= 0.3 is 5.97 Å². The van der Waals surface area contributed by atoms with Crippen LogP contribution in [-0.4, -0.2) is 46.1 Å². The molecule has 2 heterocycles. The van der Waals surface area contributed by atoms with E-state index in [4.69, 9.17) is 4.74 Å². The molecule has 1 unspecified atom stereocenters. The first kappa shape index (κ1) is 31.7. The first-order valence-corrected chi connectivity index (χ1v) is 16.0. The molecule has 7 heteroatoms. The Hall–Kier alpha value is -3.71. The highest BCUT2D eigenvalue weighted by Gasteiger charge is 2.58. The lowest BCUT2D eigenvalue weighted by molar-refractivity contribution is -0.154. The summed E-state index contributed by atoms with van der Waals surface area (Å²) in [5, 5.41) is 14.5. The van der Waals surface area contributed by atoms with Crippen molar-refractivity contribution in [1.82, 2.24) is 15.2 Å². The van der Waals surface area contributed by atoms with Crippen LogP contribution in [0.25, 0.3) is 0 Å². The summed E-state index contributed by atoms with van der Waals surface area (Å²) in [6.07, 6.45) is 6.64. The summed E-state index contributed by atoms with van der Waals surface area (Å²) in [5.74, 6) is -0.785. The Balaban J connectivity index is 1.55. The third kappa shape index (κ3) is 6.53. The zero-order valence-electron chi connectivity index (χ0n) is 26.7. The van der Waals surface area contributed by atoms with E-state index in [9.17, 15) is 14.7 Å². The monoisotopic (exact) mass is 597 g/mol. The highest BCUT2D eigenvalue weighted by atomic mass is 16.5. The van der Waals surface area contributed by atoms with Gasteiger partial charge in [0.25, 0.3) is 0 Å². The molecular formula is C37H47N3O4. The minimum Gasteiger partial charge on any atom is -0.481 e. The van der Waals surface area contributed by atoms with E-state index in [0.717, 1.165) is 48.8 Å². The van der Waals surface area contributed by atoms with Crippen LogP contribution in [0.3, 0.4) is 0 Å². The van der Waals surface area contributed by atoms with Crippen LogP contribution in [0, 0.1) is 17.3 Å². The molecule has 2 aliphatic rings. The van der Waals surface area contributed by atoms with Crippen LogP contribution in [0.5, 0.6) is 5.88 Å². The molecule has 5 atom stereocenters. The van der Waals surface area contributed by atoms with Crippen molar-refractivity contribution in [3.05, 3.63) is 95.2 Å². The molecule has 1 aliphatic carbocycles. The van der Waals surface area contributed by atoms with Crippen LogP contribution < -0.4 is 10.1 Å². The quantitative estimate of drug-likeness (QED) is 0.277. The van der Waals surface area contributed by atoms with Gasteiger partial charge in [0.05, 0.1) is 13.2 Å². The lowest BCUT2D eigenvalue weighted by atomic mass is 9.72. The van der Waals surface area contributed by atoms with Crippen molar-refractivity contribution in [2.45, 2.75) is 90.4 Å². The highest BCUT2D eigenvalue weighted by Crippen LogP contribution is 2.49. The number of pyridine rings is 1. The number of carbonyl (C=O) groups is 2. The number of amides is 1. The summed E-state index contributed by atoms with van der Waals surface area (Å²) in [5.41, 5.74) is 3.72. The lowest BCUT2D eigenvalue weighted by Gasteiger charge is -2.36. The zero-order valence-corrected chi connectivity index (χ0v) is 26.7. The highest BCUT2D eigenvalue weighted by molar-refractivity contribution is 5.87. The Bertz CT molecular complexity index is 1420. The van der Waals surface area contributed by atoms with Crippen molar-refractivity contribution in [3.8, 4) is 5.88 Å². The van der Waals surface area contributed by atoms with E-state index in [1.54, 1.807) is 12.0 Å². The minimum absolute atomic E-state index is 0.0255. The van der Waals surface area contributed by atoms with E-state index in [1.165, 1.54) is 5.56 Å². The molecule has 2 N–H and O–H groups in total. The van der Waals surface area contributed by atoms with Crippen molar-refractivity contribution in [2.75, 3.05) is 7.11 Å². The van der Waals surface area contributed by atoms with E-state index in [-0.39, 0.29) is 29.7 Å². The maximum Gasteiger partial charge on any atom is 0.326 e. The maximum atomic E-state index is 14.4. The minimum atomic E-state index is -0.948. The Kier molecular flexibility index (Phi) is 9.74. The van der Waals surface area contributed by atoms with Gasteiger partial charge < -0.3 is 20.1 Å². The number of nitrogens with zero attached hydrogens (tertiary/aromatic N) is 2. The van der Waals surface area contributed by atoms with Gasteiger partial charge in [-0.15, -0.1) is 0 Å². The van der Waals surface area contributed by atoms with Crippen molar-refractivity contribution in [2.24, 2.45) is 17.3 Å². The summed E-state index contributed by atoms with van der Waals surface area (Å²) >= 11 is 0. The summed E-state index contributed by atoms with van der Waals surface area (Å²) in [7, 11) is 1.62. The smallest absolute Gasteiger partial charge is 0.326 e. The number of hydrogen-bond donors (Lipinski definition) is 2. The average molecular weight is 598 g/mol. The molecule has 1 saturated heterocycles. The predicted octanol–water partition coefficient (Wildman–Crippen LogP) is 6.98. The summed E-state index contributed by atoms with van der Waals surface area (Å²) < 4.78 is 5.69. The Morgan fingerprint density at radius 3 is 2.23 bits per heavy atom. The molecule has 2 fully saturated rings. The summed E-state index contributed by atoms with van der Waals surface area (Å²) in [6.45, 7) is 8.85. The summed E-state index contributed by atoms with van der Waals surface area (Å²) in [6, 6.07) is 20.7. The van der Waals surface area contributed by atoms with Crippen molar-refractivity contribution >= 4 is 11.9 Å². The fourth-order valence-corrected chi connectivity index (χ4v) is 7.51. The zero-order chi connectivity index (χ0) is 31.4. The standard InChI is InChI=1S/C37H47N3O4/c1-24(25-15-9-6-10-16-25)28-21-29(34(44-5)39-22-28)23-38-31-30(37(2,3)4)33(36(42)43)40(32(31)26-17-11-7-12-18-26)35(41)27-19-13-8-14-20-27/h6-7,9-12,15-18,21-22,24,27,30-33,38H,8,13-14,19-20,23H2,1-5H3,(H,42,43)/t24?,30-,31-,32-,33-/m0/s1. The van der Waals surface area contributed by atoms with Gasteiger partial charge in [-0.1, -0.05) is 108 Å². The van der Waals surface area contributed by atoms with Crippen LogP contribution in [0.1, 0.15) is 94.0 Å². The van der Waals surface area contributed by atoms with Gasteiger partial charge in [-0.25, -0.2) is 9.78 Å². The topological polar surface area (TPSA) is 91.8 Å². The first-order chi connectivity index (χ1) is 21.1. The molecule has 3 aromatic rings. The largest absolute Gasteiger partial charge is 0.481 e. The molecule has 1 aliphatic heterocycles. The van der Waals surface area contributed by atoms with Crippen LogP contribution in [-0.2, 0) is 16.1 Å². The normalized spacial score (nSPS) is 23.3. The number of nitrogens with one attached hydrogen (secondary N) is 1. The number of rotatable bonds is 9. The van der Waals surface area contributed by atoms with Crippen LogP contribution in [0.4, 0.5) is 0 Å². The van der Waals surface area contributed by atoms with Gasteiger partial charge in [-0.3, -0.25) is 4.79 Å². The number of carboxylic acids is 1. The van der Waals surface area contributed by atoms with Gasteiger partial charge in [0, 0.05) is 42.1 Å². The van der Waals surface area contributed by atoms with E-state index < -0.39 is 23.5 Å². The maximum absolute atomic E-state index is 14.4. The molecule has 7 nitrogen and oxygen atoms in total. The lowest BCUT2D eigenvalue weighted by Crippen LogP contribution is -2.49. The predicted molar refractivity (Wildman–Crippen MR) is 172 cm³/mol. The molecule has 44 heavy (non-hydrogen) atoms. The molecule has 0 bridgehead atoms. The van der Waals surface area contributed by atoms with Crippen LogP contribution in [0.2, 0.25) is 0 Å². The molecule has 1 saturated carbocycles. The number of benzene rings is 2. The molecule has 2 aromatic carbocycles. The van der Waals surface area contributed by atoms with Gasteiger partial charge in [0.15, 0.2) is 0 Å². The molecule has 0 spiro atoms. The molecule has 0 radical (unpaired) electrons. The third-order valence-corrected chi connectivity index (χ3v) is 9.74. The molecular weight excluding hydrogens is 550 g/mol. The molecule has 1 aromatic heterocycles. The first-order valence-electron chi connectivity index (χ1n) is 16.0. The molecule has 5 rings (SSSR count). The number of hydrogen-bond acceptors (Lipinski definition) is 5. The number of likely N-dealkylation sites (tertiary alicyclic amines) is 1. The number of carbonyl (C=O) groups excluding carboxylic acids is 1. The fourth-order valence-electron chi connectivity index (χ4n) is 7.51. The van der Waals surface area contributed by atoms with E-state index in [1.807, 2.05) is 54.7 Å².